The number of aromatic nitrogens is 2. The minimum absolute atomic E-state index is 0.633. The van der Waals surface area contributed by atoms with Crippen molar-refractivity contribution in [3.63, 3.8) is 0 Å². The molecule has 128 valence electrons. The molecule has 0 saturated carbocycles. The van der Waals surface area contributed by atoms with Crippen molar-refractivity contribution in [1.29, 1.82) is 0 Å². The first-order chi connectivity index (χ1) is 12.4. The number of anilines is 1. The summed E-state index contributed by atoms with van der Waals surface area (Å²) in [6.07, 6.45) is 8.14. The largest absolute Gasteiger partial charge is 0.492 e. The van der Waals surface area contributed by atoms with Crippen molar-refractivity contribution in [3.05, 3.63) is 67.3 Å². The lowest BCUT2D eigenvalue weighted by Gasteiger charge is -2.18. The standard InChI is InChI=1S/C21H23N3O/c1-2-11-24(10-1)20-7-3-5-18(15-20)19-6-4-8-21(16-19)25-14-13-23-12-9-22-17-23/h3-9,12,15-17H,1-2,10-11,13-14H2. The summed E-state index contributed by atoms with van der Waals surface area (Å²) in [6, 6.07) is 17.2. The Hall–Kier alpha value is -2.75. The van der Waals surface area contributed by atoms with Crippen molar-refractivity contribution >= 4 is 5.69 Å². The summed E-state index contributed by atoms with van der Waals surface area (Å²) < 4.78 is 7.93. The Bertz CT molecular complexity index is 808. The molecule has 2 aromatic carbocycles. The van der Waals surface area contributed by atoms with E-state index in [2.05, 4.69) is 52.3 Å². The second kappa shape index (κ2) is 7.43. The van der Waals surface area contributed by atoms with Crippen LogP contribution in [0.4, 0.5) is 5.69 Å². The average Bonchev–Trinajstić information content (AvgIpc) is 3.36. The lowest BCUT2D eigenvalue weighted by atomic mass is 10.0. The average molecular weight is 333 g/mol. The van der Waals surface area contributed by atoms with Crippen molar-refractivity contribution in [2.24, 2.45) is 0 Å². The maximum absolute atomic E-state index is 5.91. The number of imidazole rings is 1. The first-order valence-electron chi connectivity index (χ1n) is 8.92. The molecule has 1 aromatic heterocycles. The van der Waals surface area contributed by atoms with Gasteiger partial charge >= 0.3 is 0 Å². The molecule has 0 unspecified atom stereocenters. The molecule has 0 radical (unpaired) electrons. The van der Waals surface area contributed by atoms with Crippen LogP contribution in [0.1, 0.15) is 12.8 Å². The summed E-state index contributed by atoms with van der Waals surface area (Å²) >= 11 is 0. The summed E-state index contributed by atoms with van der Waals surface area (Å²) in [5.41, 5.74) is 3.76. The van der Waals surface area contributed by atoms with E-state index >= 15 is 0 Å². The van der Waals surface area contributed by atoms with Gasteiger partial charge in [-0.15, -0.1) is 0 Å². The third kappa shape index (κ3) is 3.85. The Morgan fingerprint density at radius 3 is 2.56 bits per heavy atom. The molecule has 1 fully saturated rings. The van der Waals surface area contributed by atoms with Crippen LogP contribution in [-0.2, 0) is 6.54 Å². The number of hydrogen-bond acceptors (Lipinski definition) is 3. The van der Waals surface area contributed by atoms with E-state index in [4.69, 9.17) is 4.74 Å². The highest BCUT2D eigenvalue weighted by Crippen LogP contribution is 2.28. The molecule has 1 aliphatic heterocycles. The molecule has 4 nitrogen and oxygen atoms in total. The topological polar surface area (TPSA) is 30.3 Å². The van der Waals surface area contributed by atoms with Gasteiger partial charge in [-0.25, -0.2) is 4.98 Å². The number of benzene rings is 2. The fraction of sp³-hybridized carbons (Fsp3) is 0.286. The van der Waals surface area contributed by atoms with Gasteiger partial charge in [-0.3, -0.25) is 0 Å². The lowest BCUT2D eigenvalue weighted by Crippen LogP contribution is -2.17. The summed E-state index contributed by atoms with van der Waals surface area (Å²) in [5, 5.41) is 0. The molecule has 0 amide bonds. The predicted molar refractivity (Wildman–Crippen MR) is 101 cm³/mol. The summed E-state index contributed by atoms with van der Waals surface area (Å²) in [7, 11) is 0. The van der Waals surface area contributed by atoms with Crippen LogP contribution < -0.4 is 9.64 Å². The van der Waals surface area contributed by atoms with Gasteiger partial charge in [0.2, 0.25) is 0 Å². The van der Waals surface area contributed by atoms with Gasteiger partial charge in [-0.1, -0.05) is 24.3 Å². The SMILES string of the molecule is c1cc(OCCn2ccnc2)cc(-c2cccc(N3CCCC3)c2)c1. The van der Waals surface area contributed by atoms with Gasteiger partial charge < -0.3 is 14.2 Å². The Balaban J connectivity index is 1.46. The first-order valence-corrected chi connectivity index (χ1v) is 8.92. The van der Waals surface area contributed by atoms with Crippen LogP contribution in [0.5, 0.6) is 5.75 Å². The Morgan fingerprint density at radius 1 is 0.960 bits per heavy atom. The van der Waals surface area contributed by atoms with Crippen LogP contribution >= 0.6 is 0 Å². The second-order valence-corrected chi connectivity index (χ2v) is 6.42. The molecule has 4 rings (SSSR count). The van der Waals surface area contributed by atoms with E-state index in [0.29, 0.717) is 6.61 Å². The molecular formula is C21H23N3O. The van der Waals surface area contributed by atoms with Crippen LogP contribution in [0.3, 0.4) is 0 Å². The fourth-order valence-electron chi connectivity index (χ4n) is 3.31. The van der Waals surface area contributed by atoms with Crippen LogP contribution in [0, 0.1) is 0 Å². The minimum Gasteiger partial charge on any atom is -0.492 e. The first kappa shape index (κ1) is 15.8. The van der Waals surface area contributed by atoms with E-state index in [1.54, 1.807) is 6.20 Å². The number of ether oxygens (including phenoxy) is 1. The van der Waals surface area contributed by atoms with Gasteiger partial charge in [0, 0.05) is 31.2 Å². The zero-order chi connectivity index (χ0) is 16.9. The fourth-order valence-corrected chi connectivity index (χ4v) is 3.31. The smallest absolute Gasteiger partial charge is 0.120 e. The van der Waals surface area contributed by atoms with Gasteiger partial charge in [0.05, 0.1) is 12.9 Å². The number of rotatable bonds is 6. The van der Waals surface area contributed by atoms with Gasteiger partial charge in [-0.05, 0) is 48.2 Å². The highest BCUT2D eigenvalue weighted by molar-refractivity contribution is 5.69. The lowest BCUT2D eigenvalue weighted by molar-refractivity contribution is 0.298. The zero-order valence-corrected chi connectivity index (χ0v) is 14.3. The Kier molecular flexibility index (Phi) is 4.68. The summed E-state index contributed by atoms with van der Waals surface area (Å²) in [4.78, 5) is 6.51. The minimum atomic E-state index is 0.633. The second-order valence-electron chi connectivity index (χ2n) is 6.42. The van der Waals surface area contributed by atoms with E-state index in [1.165, 1.54) is 42.7 Å². The molecule has 0 aliphatic carbocycles. The highest BCUT2D eigenvalue weighted by Gasteiger charge is 2.12. The molecule has 1 aliphatic rings. The molecule has 0 N–H and O–H groups in total. The Morgan fingerprint density at radius 2 is 1.76 bits per heavy atom. The molecule has 0 atom stereocenters. The van der Waals surface area contributed by atoms with Crippen LogP contribution in [0.15, 0.2) is 67.3 Å². The van der Waals surface area contributed by atoms with E-state index in [0.717, 1.165) is 12.3 Å². The monoisotopic (exact) mass is 333 g/mol. The van der Waals surface area contributed by atoms with E-state index < -0.39 is 0 Å². The molecule has 4 heteroatoms. The van der Waals surface area contributed by atoms with E-state index in [-0.39, 0.29) is 0 Å². The van der Waals surface area contributed by atoms with Crippen molar-refractivity contribution in [2.45, 2.75) is 19.4 Å². The van der Waals surface area contributed by atoms with Crippen LogP contribution in [0.2, 0.25) is 0 Å². The normalized spacial score (nSPS) is 14.0. The van der Waals surface area contributed by atoms with E-state index in [1.807, 2.05) is 23.2 Å². The molecule has 0 spiro atoms. The molecule has 3 aromatic rings. The zero-order valence-electron chi connectivity index (χ0n) is 14.3. The van der Waals surface area contributed by atoms with Crippen LogP contribution in [0.25, 0.3) is 11.1 Å². The highest BCUT2D eigenvalue weighted by atomic mass is 16.5. The quantitative estimate of drug-likeness (QED) is 0.676. The van der Waals surface area contributed by atoms with Crippen molar-refractivity contribution in [3.8, 4) is 16.9 Å². The van der Waals surface area contributed by atoms with Gasteiger partial charge in [-0.2, -0.15) is 0 Å². The third-order valence-corrected chi connectivity index (χ3v) is 4.66. The number of nitrogens with zero attached hydrogens (tertiary/aromatic N) is 3. The maximum atomic E-state index is 5.91. The third-order valence-electron chi connectivity index (χ3n) is 4.66. The predicted octanol–water partition coefficient (Wildman–Crippen LogP) is 4.23. The molecule has 25 heavy (non-hydrogen) atoms. The van der Waals surface area contributed by atoms with Gasteiger partial charge in [0.1, 0.15) is 12.4 Å². The molecular weight excluding hydrogens is 310 g/mol. The number of hydrogen-bond donors (Lipinski definition) is 0. The van der Waals surface area contributed by atoms with Gasteiger partial charge in [0.25, 0.3) is 0 Å². The van der Waals surface area contributed by atoms with Crippen molar-refractivity contribution < 1.29 is 4.74 Å². The van der Waals surface area contributed by atoms with Gasteiger partial charge in [0.15, 0.2) is 0 Å². The molecule has 2 heterocycles. The van der Waals surface area contributed by atoms with E-state index in [9.17, 15) is 0 Å². The Labute approximate surface area is 148 Å². The van der Waals surface area contributed by atoms with Crippen molar-refractivity contribution in [1.82, 2.24) is 9.55 Å². The summed E-state index contributed by atoms with van der Waals surface area (Å²) in [6.45, 7) is 3.77. The van der Waals surface area contributed by atoms with Crippen LogP contribution in [-0.4, -0.2) is 29.2 Å². The maximum Gasteiger partial charge on any atom is 0.120 e. The summed E-state index contributed by atoms with van der Waals surface area (Å²) in [5.74, 6) is 0.907. The molecule has 0 bridgehead atoms. The molecule has 1 saturated heterocycles. The van der Waals surface area contributed by atoms with Crippen molar-refractivity contribution in [2.75, 3.05) is 24.6 Å².